The van der Waals surface area contributed by atoms with E-state index in [1.165, 1.54) is 6.08 Å². The predicted octanol–water partition coefficient (Wildman–Crippen LogP) is 5.19. The van der Waals surface area contributed by atoms with Crippen molar-refractivity contribution in [2.75, 3.05) is 32.8 Å². The van der Waals surface area contributed by atoms with Crippen LogP contribution in [0, 0.1) is 0 Å². The molecule has 6 nitrogen and oxygen atoms in total. The standard InChI is InChI=1S/C29H36N2O4/c1-4-7-21-35-24-16-14-23(15-17-24)27-26(25(32)18-13-22-11-9-8-10-12-22)28(33)29(34)31(27)20-19-30(5-2)6-3/h8-18,27,33H,4-7,19-21H2,1-3H3/b18-13+. The molecule has 1 amide bonds. The van der Waals surface area contributed by atoms with Crippen LogP contribution in [0.15, 0.2) is 72.0 Å². The summed E-state index contributed by atoms with van der Waals surface area (Å²) < 4.78 is 5.78. The van der Waals surface area contributed by atoms with Crippen molar-refractivity contribution in [3.8, 4) is 5.75 Å². The van der Waals surface area contributed by atoms with Crippen LogP contribution in [0.2, 0.25) is 0 Å². The Hall–Kier alpha value is -3.38. The third kappa shape index (κ3) is 6.61. The van der Waals surface area contributed by atoms with Gasteiger partial charge in [0.25, 0.3) is 5.91 Å². The van der Waals surface area contributed by atoms with Crippen molar-refractivity contribution in [1.82, 2.24) is 9.80 Å². The van der Waals surface area contributed by atoms with Crippen LogP contribution in [0.3, 0.4) is 0 Å². The fourth-order valence-electron chi connectivity index (χ4n) is 4.18. The van der Waals surface area contributed by atoms with Gasteiger partial charge in [0.15, 0.2) is 11.5 Å². The quantitative estimate of drug-likeness (QED) is 0.318. The van der Waals surface area contributed by atoms with Crippen molar-refractivity contribution >= 4 is 17.8 Å². The Bertz CT molecular complexity index is 1040. The third-order valence-corrected chi connectivity index (χ3v) is 6.31. The SMILES string of the molecule is CCCCOc1ccc(C2C(C(=O)/C=C/c3ccccc3)=C(O)C(=O)N2CCN(CC)CC)cc1. The van der Waals surface area contributed by atoms with Gasteiger partial charge in [-0.25, -0.2) is 0 Å². The number of amides is 1. The Balaban J connectivity index is 1.90. The number of unbranched alkanes of at least 4 members (excludes halogenated alkanes) is 1. The first-order chi connectivity index (χ1) is 17.0. The van der Waals surface area contributed by atoms with E-state index >= 15 is 0 Å². The average molecular weight is 477 g/mol. The van der Waals surface area contributed by atoms with Crippen molar-refractivity contribution in [3.63, 3.8) is 0 Å². The zero-order valence-corrected chi connectivity index (χ0v) is 20.9. The Kier molecular flexibility index (Phi) is 9.67. The summed E-state index contributed by atoms with van der Waals surface area (Å²) in [4.78, 5) is 30.2. The Morgan fingerprint density at radius 1 is 1.06 bits per heavy atom. The number of aliphatic hydroxyl groups is 1. The van der Waals surface area contributed by atoms with Crippen molar-refractivity contribution in [2.24, 2.45) is 0 Å². The highest BCUT2D eigenvalue weighted by Crippen LogP contribution is 2.38. The number of ketones is 1. The molecule has 1 aliphatic rings. The fourth-order valence-corrected chi connectivity index (χ4v) is 4.18. The maximum atomic E-state index is 13.3. The Morgan fingerprint density at radius 2 is 1.74 bits per heavy atom. The molecule has 2 aromatic carbocycles. The molecule has 3 rings (SSSR count). The van der Waals surface area contributed by atoms with Crippen LogP contribution in [0.4, 0.5) is 0 Å². The van der Waals surface area contributed by atoms with Gasteiger partial charge in [-0.2, -0.15) is 0 Å². The van der Waals surface area contributed by atoms with Gasteiger partial charge in [-0.15, -0.1) is 0 Å². The van der Waals surface area contributed by atoms with E-state index in [-0.39, 0.29) is 11.4 Å². The van der Waals surface area contributed by atoms with E-state index in [1.54, 1.807) is 11.0 Å². The number of aliphatic hydroxyl groups excluding tert-OH is 1. The van der Waals surface area contributed by atoms with Crippen molar-refractivity contribution in [2.45, 2.75) is 39.7 Å². The zero-order valence-electron chi connectivity index (χ0n) is 20.9. The van der Waals surface area contributed by atoms with E-state index in [1.807, 2.05) is 54.6 Å². The number of carbonyl (C=O) groups is 2. The molecule has 1 atom stereocenters. The molecule has 6 heteroatoms. The van der Waals surface area contributed by atoms with Gasteiger partial charge in [-0.05, 0) is 48.8 Å². The fraction of sp³-hybridized carbons (Fsp3) is 0.379. The first kappa shape index (κ1) is 26.2. The number of benzene rings is 2. The summed E-state index contributed by atoms with van der Waals surface area (Å²) >= 11 is 0. The van der Waals surface area contributed by atoms with Gasteiger partial charge in [-0.1, -0.05) is 75.7 Å². The second kappa shape index (κ2) is 12.9. The maximum absolute atomic E-state index is 13.3. The highest BCUT2D eigenvalue weighted by Gasteiger charge is 2.42. The lowest BCUT2D eigenvalue weighted by Gasteiger charge is -2.29. The molecule has 1 aliphatic heterocycles. The molecule has 1 N–H and O–H groups in total. The summed E-state index contributed by atoms with van der Waals surface area (Å²) in [5.41, 5.74) is 1.75. The summed E-state index contributed by atoms with van der Waals surface area (Å²) in [5, 5.41) is 10.8. The van der Waals surface area contributed by atoms with Crippen LogP contribution >= 0.6 is 0 Å². The molecule has 0 aromatic heterocycles. The smallest absolute Gasteiger partial charge is 0.290 e. The van der Waals surface area contributed by atoms with Crippen LogP contribution in [0.5, 0.6) is 5.75 Å². The van der Waals surface area contributed by atoms with Crippen LogP contribution < -0.4 is 4.74 Å². The van der Waals surface area contributed by atoms with E-state index in [9.17, 15) is 14.7 Å². The van der Waals surface area contributed by atoms with Gasteiger partial charge in [0.05, 0.1) is 18.2 Å². The number of rotatable bonds is 13. The molecular formula is C29H36N2O4. The molecular weight excluding hydrogens is 440 g/mol. The van der Waals surface area contributed by atoms with E-state index in [4.69, 9.17) is 4.74 Å². The van der Waals surface area contributed by atoms with Gasteiger partial charge < -0.3 is 19.6 Å². The minimum absolute atomic E-state index is 0.112. The number of ether oxygens (including phenoxy) is 1. The van der Waals surface area contributed by atoms with E-state index in [0.717, 1.165) is 42.8 Å². The number of hydrogen-bond donors (Lipinski definition) is 1. The van der Waals surface area contributed by atoms with E-state index in [2.05, 4.69) is 25.7 Å². The molecule has 1 heterocycles. The van der Waals surface area contributed by atoms with Gasteiger partial charge in [0.1, 0.15) is 5.75 Å². The number of hydrogen-bond acceptors (Lipinski definition) is 5. The molecule has 0 aliphatic carbocycles. The highest BCUT2D eigenvalue weighted by molar-refractivity contribution is 6.14. The molecule has 0 spiro atoms. The Morgan fingerprint density at radius 3 is 2.37 bits per heavy atom. The minimum Gasteiger partial charge on any atom is -0.503 e. The average Bonchev–Trinajstić information content (AvgIpc) is 3.14. The molecule has 2 aromatic rings. The lowest BCUT2D eigenvalue weighted by molar-refractivity contribution is -0.129. The first-order valence-electron chi connectivity index (χ1n) is 12.5. The summed E-state index contributed by atoms with van der Waals surface area (Å²) in [6.07, 6.45) is 5.15. The molecule has 0 saturated carbocycles. The number of carbonyl (C=O) groups excluding carboxylic acids is 2. The zero-order chi connectivity index (χ0) is 25.2. The van der Waals surface area contributed by atoms with Crippen LogP contribution in [0.25, 0.3) is 6.08 Å². The maximum Gasteiger partial charge on any atom is 0.290 e. The molecule has 0 fully saturated rings. The van der Waals surface area contributed by atoms with Crippen molar-refractivity contribution < 1.29 is 19.4 Å². The molecule has 0 saturated heterocycles. The van der Waals surface area contributed by atoms with Crippen LogP contribution in [-0.4, -0.2) is 59.4 Å². The summed E-state index contributed by atoms with van der Waals surface area (Å²) in [6.45, 7) is 9.68. The molecule has 1 unspecified atom stereocenters. The highest BCUT2D eigenvalue weighted by atomic mass is 16.5. The van der Waals surface area contributed by atoms with Crippen molar-refractivity contribution in [1.29, 1.82) is 0 Å². The lowest BCUT2D eigenvalue weighted by Crippen LogP contribution is -2.38. The van der Waals surface area contributed by atoms with Crippen LogP contribution in [0.1, 0.15) is 50.8 Å². The van der Waals surface area contributed by atoms with Gasteiger partial charge in [-0.3, -0.25) is 9.59 Å². The second-order valence-corrected chi connectivity index (χ2v) is 8.57. The monoisotopic (exact) mass is 476 g/mol. The third-order valence-electron chi connectivity index (χ3n) is 6.31. The Labute approximate surface area is 208 Å². The van der Waals surface area contributed by atoms with E-state index < -0.39 is 17.7 Å². The van der Waals surface area contributed by atoms with Crippen LogP contribution in [-0.2, 0) is 9.59 Å². The summed E-state index contributed by atoms with van der Waals surface area (Å²) in [7, 11) is 0. The minimum atomic E-state index is -0.657. The molecule has 0 bridgehead atoms. The van der Waals surface area contributed by atoms with Gasteiger partial charge >= 0.3 is 0 Å². The van der Waals surface area contributed by atoms with Crippen molar-refractivity contribution in [3.05, 3.63) is 83.1 Å². The topological polar surface area (TPSA) is 70.1 Å². The number of allylic oxidation sites excluding steroid dienone is 1. The van der Waals surface area contributed by atoms with Gasteiger partial charge in [0.2, 0.25) is 0 Å². The first-order valence-corrected chi connectivity index (χ1v) is 12.5. The normalized spacial score (nSPS) is 16.1. The van der Waals surface area contributed by atoms with Gasteiger partial charge in [0, 0.05) is 13.1 Å². The molecule has 35 heavy (non-hydrogen) atoms. The number of likely N-dealkylation sites (N-methyl/N-ethyl adjacent to an activating group) is 1. The largest absolute Gasteiger partial charge is 0.503 e. The number of nitrogens with zero attached hydrogens (tertiary/aromatic N) is 2. The molecule has 0 radical (unpaired) electrons. The van der Waals surface area contributed by atoms with E-state index in [0.29, 0.717) is 19.7 Å². The molecule has 186 valence electrons. The lowest BCUT2D eigenvalue weighted by atomic mass is 9.95. The summed E-state index contributed by atoms with van der Waals surface area (Å²) in [5.74, 6) is -0.619. The predicted molar refractivity (Wildman–Crippen MR) is 139 cm³/mol. The second-order valence-electron chi connectivity index (χ2n) is 8.57. The summed E-state index contributed by atoms with van der Waals surface area (Å²) in [6, 6.07) is 16.3.